The lowest BCUT2D eigenvalue weighted by Crippen LogP contribution is -2.27. The number of nitrogens with zero attached hydrogens (tertiary/aromatic N) is 1. The van der Waals surface area contributed by atoms with Crippen molar-refractivity contribution in [1.82, 2.24) is 5.32 Å². The third kappa shape index (κ3) is 5.49. The van der Waals surface area contributed by atoms with Crippen molar-refractivity contribution in [2.75, 3.05) is 6.61 Å². The Hall–Kier alpha value is -3.59. The molecule has 1 unspecified atom stereocenters. The zero-order valence-electron chi connectivity index (χ0n) is 14.2. The van der Waals surface area contributed by atoms with Crippen LogP contribution in [0.5, 0.6) is 5.75 Å². The first kappa shape index (κ1) is 18.7. The number of carboxylic acid groups (broad SMARTS) is 1. The van der Waals surface area contributed by atoms with E-state index < -0.39 is 18.5 Å². The minimum absolute atomic E-state index is 0.0213. The summed E-state index contributed by atoms with van der Waals surface area (Å²) < 4.78 is 5.04. The number of ether oxygens (including phenoxy) is 1. The monoisotopic (exact) mass is 350 g/mol. The summed E-state index contributed by atoms with van der Waals surface area (Å²) in [5, 5.41) is 20.6. The number of nitrogens with one attached hydrogen (secondary N) is 1. The maximum Gasteiger partial charge on any atom is 0.341 e. The number of amides is 1. The zero-order valence-corrected chi connectivity index (χ0v) is 14.2. The van der Waals surface area contributed by atoms with Gasteiger partial charge >= 0.3 is 5.97 Å². The Morgan fingerprint density at radius 2 is 1.85 bits per heavy atom. The third-order valence-corrected chi connectivity index (χ3v) is 3.57. The SMILES string of the molecule is CC(NC(=O)C(C#N)=Cc1ccc(OCC(=O)O)cc1)c1ccccc1. The number of carboxylic acids is 1. The van der Waals surface area contributed by atoms with Gasteiger partial charge in [0, 0.05) is 0 Å². The van der Waals surface area contributed by atoms with Crippen molar-refractivity contribution < 1.29 is 19.4 Å². The third-order valence-electron chi connectivity index (χ3n) is 3.57. The summed E-state index contributed by atoms with van der Waals surface area (Å²) in [6, 6.07) is 17.6. The highest BCUT2D eigenvalue weighted by molar-refractivity contribution is 6.01. The first-order valence-electron chi connectivity index (χ1n) is 7.92. The molecule has 0 saturated heterocycles. The number of hydrogen-bond donors (Lipinski definition) is 2. The minimum Gasteiger partial charge on any atom is -0.482 e. The van der Waals surface area contributed by atoms with Crippen molar-refractivity contribution in [3.8, 4) is 11.8 Å². The molecule has 1 atom stereocenters. The molecule has 2 rings (SSSR count). The second kappa shape index (κ2) is 9.04. The van der Waals surface area contributed by atoms with Crippen molar-refractivity contribution in [3.05, 3.63) is 71.3 Å². The maximum absolute atomic E-state index is 12.3. The number of nitriles is 1. The molecule has 0 bridgehead atoms. The molecular weight excluding hydrogens is 332 g/mol. The van der Waals surface area contributed by atoms with Gasteiger partial charge in [-0.3, -0.25) is 4.79 Å². The van der Waals surface area contributed by atoms with E-state index in [0.29, 0.717) is 11.3 Å². The van der Waals surface area contributed by atoms with Gasteiger partial charge in [-0.15, -0.1) is 0 Å². The normalized spacial score (nSPS) is 11.9. The van der Waals surface area contributed by atoms with E-state index >= 15 is 0 Å². The Balaban J connectivity index is 2.05. The fourth-order valence-corrected chi connectivity index (χ4v) is 2.22. The molecule has 2 N–H and O–H groups in total. The van der Waals surface area contributed by atoms with Gasteiger partial charge in [-0.05, 0) is 36.3 Å². The average Bonchev–Trinajstić information content (AvgIpc) is 2.65. The largest absolute Gasteiger partial charge is 0.482 e. The molecule has 0 aliphatic heterocycles. The number of hydrogen-bond acceptors (Lipinski definition) is 4. The summed E-state index contributed by atoms with van der Waals surface area (Å²) in [5.74, 6) is -1.13. The fraction of sp³-hybridized carbons (Fsp3) is 0.150. The quantitative estimate of drug-likeness (QED) is 0.591. The standard InChI is InChI=1S/C20H18N2O4/c1-14(16-5-3-2-4-6-16)22-20(25)17(12-21)11-15-7-9-18(10-8-15)26-13-19(23)24/h2-11,14H,13H2,1H3,(H,22,25)(H,23,24). The second-order valence-corrected chi connectivity index (χ2v) is 5.53. The molecule has 0 aliphatic carbocycles. The van der Waals surface area contributed by atoms with E-state index in [1.54, 1.807) is 24.3 Å². The van der Waals surface area contributed by atoms with Crippen molar-refractivity contribution in [3.63, 3.8) is 0 Å². The Morgan fingerprint density at radius 3 is 2.42 bits per heavy atom. The molecule has 0 saturated carbocycles. The molecular formula is C20H18N2O4. The highest BCUT2D eigenvalue weighted by Crippen LogP contribution is 2.16. The Morgan fingerprint density at radius 1 is 1.19 bits per heavy atom. The molecule has 6 heteroatoms. The number of rotatable bonds is 7. The van der Waals surface area contributed by atoms with Crippen LogP contribution in [0, 0.1) is 11.3 Å². The van der Waals surface area contributed by atoms with Crippen LogP contribution in [-0.2, 0) is 9.59 Å². The summed E-state index contributed by atoms with van der Waals surface area (Å²) in [6.07, 6.45) is 1.47. The summed E-state index contributed by atoms with van der Waals surface area (Å²) >= 11 is 0. The van der Waals surface area contributed by atoms with Crippen LogP contribution in [0.3, 0.4) is 0 Å². The van der Waals surface area contributed by atoms with Crippen molar-refractivity contribution >= 4 is 18.0 Å². The molecule has 2 aromatic carbocycles. The van der Waals surface area contributed by atoms with E-state index in [2.05, 4.69) is 5.32 Å². The molecule has 0 radical (unpaired) electrons. The van der Waals surface area contributed by atoms with E-state index in [-0.39, 0.29) is 11.6 Å². The van der Waals surface area contributed by atoms with Gasteiger partial charge in [0.1, 0.15) is 17.4 Å². The van der Waals surface area contributed by atoms with Crippen molar-refractivity contribution in [1.29, 1.82) is 5.26 Å². The first-order chi connectivity index (χ1) is 12.5. The summed E-state index contributed by atoms with van der Waals surface area (Å²) in [4.78, 5) is 22.8. The van der Waals surface area contributed by atoms with E-state index in [9.17, 15) is 14.9 Å². The molecule has 0 spiro atoms. The van der Waals surface area contributed by atoms with Crippen molar-refractivity contribution in [2.24, 2.45) is 0 Å². The van der Waals surface area contributed by atoms with Gasteiger partial charge in [0.05, 0.1) is 6.04 Å². The van der Waals surface area contributed by atoms with Crippen LogP contribution in [0.15, 0.2) is 60.2 Å². The summed E-state index contributed by atoms with van der Waals surface area (Å²) in [7, 11) is 0. The maximum atomic E-state index is 12.3. The number of carbonyl (C=O) groups is 2. The van der Waals surface area contributed by atoms with Crippen LogP contribution in [0.1, 0.15) is 24.1 Å². The first-order valence-corrected chi connectivity index (χ1v) is 7.92. The zero-order chi connectivity index (χ0) is 18.9. The van der Waals surface area contributed by atoms with Crippen molar-refractivity contribution in [2.45, 2.75) is 13.0 Å². The Labute approximate surface area is 151 Å². The van der Waals surface area contributed by atoms with Crippen LogP contribution >= 0.6 is 0 Å². The second-order valence-electron chi connectivity index (χ2n) is 5.53. The average molecular weight is 350 g/mol. The van der Waals surface area contributed by atoms with Gasteiger partial charge in [-0.25, -0.2) is 4.79 Å². The number of carbonyl (C=O) groups excluding carboxylic acids is 1. The number of benzene rings is 2. The topological polar surface area (TPSA) is 99.4 Å². The lowest BCUT2D eigenvalue weighted by atomic mass is 10.1. The van der Waals surface area contributed by atoms with Gasteiger partial charge < -0.3 is 15.2 Å². The fourth-order valence-electron chi connectivity index (χ4n) is 2.22. The Kier molecular flexibility index (Phi) is 6.52. The van der Waals surface area contributed by atoms with Gasteiger partial charge in [0.2, 0.25) is 0 Å². The van der Waals surface area contributed by atoms with Crippen LogP contribution in [0.25, 0.3) is 6.08 Å². The molecule has 0 heterocycles. The smallest absolute Gasteiger partial charge is 0.341 e. The Bertz CT molecular complexity index is 836. The highest BCUT2D eigenvalue weighted by Gasteiger charge is 2.13. The highest BCUT2D eigenvalue weighted by atomic mass is 16.5. The molecule has 2 aromatic rings. The molecule has 0 fully saturated rings. The predicted octanol–water partition coefficient (Wildman–Crippen LogP) is 2.93. The lowest BCUT2D eigenvalue weighted by molar-refractivity contribution is -0.139. The van der Waals surface area contributed by atoms with E-state index in [0.717, 1.165) is 5.56 Å². The molecule has 132 valence electrons. The summed E-state index contributed by atoms with van der Waals surface area (Å²) in [5.41, 5.74) is 1.55. The predicted molar refractivity (Wildman–Crippen MR) is 96.2 cm³/mol. The molecule has 0 aromatic heterocycles. The lowest BCUT2D eigenvalue weighted by Gasteiger charge is -2.13. The molecule has 26 heavy (non-hydrogen) atoms. The van der Waals surface area contributed by atoms with Gasteiger partial charge in [-0.1, -0.05) is 42.5 Å². The van der Waals surface area contributed by atoms with Crippen LogP contribution in [0.2, 0.25) is 0 Å². The van der Waals surface area contributed by atoms with Crippen LogP contribution in [0.4, 0.5) is 0 Å². The van der Waals surface area contributed by atoms with Gasteiger partial charge in [0.25, 0.3) is 5.91 Å². The van der Waals surface area contributed by atoms with Crippen LogP contribution < -0.4 is 10.1 Å². The van der Waals surface area contributed by atoms with Gasteiger partial charge in [0.15, 0.2) is 6.61 Å². The minimum atomic E-state index is -1.06. The molecule has 0 aliphatic rings. The molecule has 1 amide bonds. The van der Waals surface area contributed by atoms with E-state index in [1.165, 1.54) is 6.08 Å². The van der Waals surface area contributed by atoms with E-state index in [1.807, 2.05) is 43.3 Å². The number of aliphatic carboxylic acids is 1. The van der Waals surface area contributed by atoms with E-state index in [4.69, 9.17) is 9.84 Å². The van der Waals surface area contributed by atoms with Gasteiger partial charge in [-0.2, -0.15) is 5.26 Å². The molecule has 6 nitrogen and oxygen atoms in total. The summed E-state index contributed by atoms with van der Waals surface area (Å²) in [6.45, 7) is 1.41. The van der Waals surface area contributed by atoms with Crippen LogP contribution in [-0.4, -0.2) is 23.6 Å².